The topological polar surface area (TPSA) is 71.0 Å². The van der Waals surface area contributed by atoms with E-state index in [0.29, 0.717) is 11.5 Å². The Labute approximate surface area is 176 Å². The van der Waals surface area contributed by atoms with Gasteiger partial charge in [0.2, 0.25) is 0 Å². The molecule has 1 aliphatic heterocycles. The summed E-state index contributed by atoms with van der Waals surface area (Å²) < 4.78 is 13.5. The SMILES string of the molecule is CC=O.CN1CCC[C@H](c2nc(Nc3cccc(F)c3)cc(-c3cccnc3)n2)C1. The number of hydrogen-bond donors (Lipinski definition) is 1. The fourth-order valence-electron chi connectivity index (χ4n) is 3.47. The molecule has 0 saturated carbocycles. The highest BCUT2D eigenvalue weighted by molar-refractivity contribution is 5.65. The van der Waals surface area contributed by atoms with Crippen LogP contribution in [0.25, 0.3) is 11.3 Å². The lowest BCUT2D eigenvalue weighted by atomic mass is 9.97. The number of pyridine rings is 1. The number of likely N-dealkylation sites (N-methyl/N-ethyl adjacent to an activating group) is 1. The number of benzene rings is 1. The Hall–Kier alpha value is -3.19. The van der Waals surface area contributed by atoms with Crippen molar-refractivity contribution in [2.24, 2.45) is 0 Å². The smallest absolute Gasteiger partial charge is 0.135 e. The number of carbonyl (C=O) groups excluding carboxylic acids is 1. The van der Waals surface area contributed by atoms with E-state index in [0.717, 1.165) is 49.3 Å². The van der Waals surface area contributed by atoms with E-state index in [1.807, 2.05) is 24.3 Å². The van der Waals surface area contributed by atoms with Gasteiger partial charge in [-0.15, -0.1) is 0 Å². The van der Waals surface area contributed by atoms with Crippen LogP contribution in [0.4, 0.5) is 15.9 Å². The van der Waals surface area contributed by atoms with Gasteiger partial charge in [-0.1, -0.05) is 6.07 Å². The highest BCUT2D eigenvalue weighted by atomic mass is 19.1. The van der Waals surface area contributed by atoms with Gasteiger partial charge in [-0.05, 0) is 63.7 Å². The third-order valence-electron chi connectivity index (χ3n) is 4.79. The number of carbonyl (C=O) groups is 1. The molecule has 7 heteroatoms. The van der Waals surface area contributed by atoms with Crippen molar-refractivity contribution in [1.29, 1.82) is 0 Å². The third-order valence-corrected chi connectivity index (χ3v) is 4.79. The number of likely N-dealkylation sites (tertiary alicyclic amines) is 1. The lowest BCUT2D eigenvalue weighted by Crippen LogP contribution is -2.31. The van der Waals surface area contributed by atoms with Crippen LogP contribution in [0.1, 0.15) is 31.5 Å². The molecule has 156 valence electrons. The lowest BCUT2D eigenvalue weighted by molar-refractivity contribution is -0.106. The fourth-order valence-corrected chi connectivity index (χ4v) is 3.47. The van der Waals surface area contributed by atoms with Gasteiger partial charge in [0.1, 0.15) is 23.7 Å². The van der Waals surface area contributed by atoms with Crippen LogP contribution < -0.4 is 5.32 Å². The molecule has 4 rings (SSSR count). The summed E-state index contributed by atoms with van der Waals surface area (Å²) in [6, 6.07) is 12.2. The average molecular weight is 407 g/mol. The molecule has 3 aromatic rings. The van der Waals surface area contributed by atoms with Crippen molar-refractivity contribution in [1.82, 2.24) is 19.9 Å². The first-order valence-corrected chi connectivity index (χ1v) is 9.99. The number of nitrogens with zero attached hydrogens (tertiary/aromatic N) is 4. The van der Waals surface area contributed by atoms with Gasteiger partial charge in [0.05, 0.1) is 5.69 Å². The minimum atomic E-state index is -0.282. The summed E-state index contributed by atoms with van der Waals surface area (Å²) in [6.45, 7) is 3.49. The van der Waals surface area contributed by atoms with E-state index in [1.54, 1.807) is 18.5 Å². The molecule has 1 N–H and O–H groups in total. The Balaban J connectivity index is 0.000000806. The first-order chi connectivity index (χ1) is 14.6. The minimum absolute atomic E-state index is 0.282. The molecular weight excluding hydrogens is 381 g/mol. The first kappa shape index (κ1) is 21.5. The highest BCUT2D eigenvalue weighted by Gasteiger charge is 2.22. The van der Waals surface area contributed by atoms with Gasteiger partial charge in [0.15, 0.2) is 0 Å². The largest absolute Gasteiger partial charge is 0.340 e. The fraction of sp³-hybridized carbons (Fsp3) is 0.304. The molecule has 6 nitrogen and oxygen atoms in total. The maximum atomic E-state index is 13.5. The number of nitrogens with one attached hydrogen (secondary N) is 1. The monoisotopic (exact) mass is 407 g/mol. The van der Waals surface area contributed by atoms with Gasteiger partial charge in [0.25, 0.3) is 0 Å². The van der Waals surface area contributed by atoms with Crippen LogP contribution >= 0.6 is 0 Å². The Kier molecular flexibility index (Phi) is 7.57. The molecule has 1 saturated heterocycles. The molecule has 2 aromatic heterocycles. The Morgan fingerprint density at radius 2 is 2.03 bits per heavy atom. The van der Waals surface area contributed by atoms with Gasteiger partial charge >= 0.3 is 0 Å². The molecule has 1 fully saturated rings. The molecule has 0 unspecified atom stereocenters. The quantitative estimate of drug-likeness (QED) is 0.645. The van der Waals surface area contributed by atoms with Gasteiger partial charge < -0.3 is 15.0 Å². The van der Waals surface area contributed by atoms with Crippen LogP contribution in [0.15, 0.2) is 54.9 Å². The van der Waals surface area contributed by atoms with Crippen molar-refractivity contribution < 1.29 is 9.18 Å². The molecule has 30 heavy (non-hydrogen) atoms. The number of hydrogen-bond acceptors (Lipinski definition) is 6. The first-order valence-electron chi connectivity index (χ1n) is 9.99. The molecule has 0 spiro atoms. The Bertz CT molecular complexity index is 967. The number of aldehydes is 1. The van der Waals surface area contributed by atoms with Crippen LogP contribution in [-0.2, 0) is 4.79 Å². The molecule has 0 aliphatic carbocycles. The van der Waals surface area contributed by atoms with Gasteiger partial charge in [0, 0.05) is 42.2 Å². The summed E-state index contributed by atoms with van der Waals surface area (Å²) in [5.74, 6) is 1.49. The number of anilines is 2. The predicted molar refractivity (Wildman–Crippen MR) is 116 cm³/mol. The third kappa shape index (κ3) is 5.90. The molecule has 1 aliphatic rings. The number of aromatic nitrogens is 3. The lowest BCUT2D eigenvalue weighted by Gasteiger charge is -2.29. The highest BCUT2D eigenvalue weighted by Crippen LogP contribution is 2.28. The van der Waals surface area contributed by atoms with Crippen molar-refractivity contribution in [3.63, 3.8) is 0 Å². The standard InChI is InChI=1S/C21H22FN5.C2H4O/c1-27-10-4-6-16(14-27)21-25-19(15-5-3-9-23-13-15)12-20(26-21)24-18-8-2-7-17(22)11-18;1-2-3/h2-3,5,7-9,11-13,16H,4,6,10,14H2,1H3,(H,24,25,26);2H,1H3/t16-;/m0./s1. The van der Waals surface area contributed by atoms with Crippen molar-refractivity contribution in [2.75, 3.05) is 25.5 Å². The molecule has 0 bridgehead atoms. The van der Waals surface area contributed by atoms with Gasteiger partial charge in [-0.25, -0.2) is 14.4 Å². The van der Waals surface area contributed by atoms with E-state index in [9.17, 15) is 4.39 Å². The molecule has 0 radical (unpaired) electrons. The van der Waals surface area contributed by atoms with Gasteiger partial charge in [-0.2, -0.15) is 0 Å². The zero-order chi connectivity index (χ0) is 21.3. The minimum Gasteiger partial charge on any atom is -0.340 e. The van der Waals surface area contributed by atoms with Crippen molar-refractivity contribution in [3.8, 4) is 11.3 Å². The number of piperidine rings is 1. The maximum Gasteiger partial charge on any atom is 0.135 e. The summed E-state index contributed by atoms with van der Waals surface area (Å²) in [4.78, 5) is 24.9. The summed E-state index contributed by atoms with van der Waals surface area (Å²) in [5, 5.41) is 3.22. The van der Waals surface area contributed by atoms with Crippen LogP contribution in [0.3, 0.4) is 0 Å². The molecular formula is C23H26FN5O. The summed E-state index contributed by atoms with van der Waals surface area (Å²) >= 11 is 0. The second-order valence-corrected chi connectivity index (χ2v) is 7.21. The zero-order valence-electron chi connectivity index (χ0n) is 17.3. The maximum absolute atomic E-state index is 13.5. The second kappa shape index (κ2) is 10.5. The molecule has 0 amide bonds. The number of rotatable bonds is 4. The Morgan fingerprint density at radius 3 is 2.73 bits per heavy atom. The van der Waals surface area contributed by atoms with Gasteiger partial charge in [-0.3, -0.25) is 4.98 Å². The average Bonchev–Trinajstić information content (AvgIpc) is 2.75. The van der Waals surface area contributed by atoms with E-state index < -0.39 is 0 Å². The van der Waals surface area contributed by atoms with Crippen LogP contribution in [0, 0.1) is 5.82 Å². The molecule has 1 aromatic carbocycles. The van der Waals surface area contributed by atoms with Crippen molar-refractivity contribution in [2.45, 2.75) is 25.7 Å². The number of halogens is 1. The van der Waals surface area contributed by atoms with E-state index in [1.165, 1.54) is 19.1 Å². The van der Waals surface area contributed by atoms with Crippen LogP contribution in [0.2, 0.25) is 0 Å². The zero-order valence-corrected chi connectivity index (χ0v) is 17.3. The molecule has 3 heterocycles. The van der Waals surface area contributed by atoms with Crippen LogP contribution in [0.5, 0.6) is 0 Å². The molecule has 1 atom stereocenters. The van der Waals surface area contributed by atoms with Crippen molar-refractivity contribution >= 4 is 17.8 Å². The Morgan fingerprint density at radius 1 is 1.20 bits per heavy atom. The summed E-state index contributed by atoms with van der Waals surface area (Å²) in [6.07, 6.45) is 6.49. The van der Waals surface area contributed by atoms with E-state index in [2.05, 4.69) is 22.2 Å². The van der Waals surface area contributed by atoms with Crippen molar-refractivity contribution in [3.05, 3.63) is 66.5 Å². The van der Waals surface area contributed by atoms with E-state index >= 15 is 0 Å². The summed E-state index contributed by atoms with van der Waals surface area (Å²) in [7, 11) is 2.13. The predicted octanol–water partition coefficient (Wildman–Crippen LogP) is 4.44. The second-order valence-electron chi connectivity index (χ2n) is 7.21. The van der Waals surface area contributed by atoms with E-state index in [4.69, 9.17) is 14.8 Å². The summed E-state index contributed by atoms with van der Waals surface area (Å²) in [5.41, 5.74) is 2.42. The van der Waals surface area contributed by atoms with Crippen LogP contribution in [-0.4, -0.2) is 46.3 Å². The normalized spacial score (nSPS) is 16.3. The van der Waals surface area contributed by atoms with E-state index in [-0.39, 0.29) is 11.7 Å².